The van der Waals surface area contributed by atoms with Crippen molar-refractivity contribution in [2.45, 2.75) is 39.1 Å². The lowest BCUT2D eigenvalue weighted by molar-refractivity contribution is -0.274. The number of rotatable bonds is 7. The van der Waals surface area contributed by atoms with Gasteiger partial charge in [-0.3, -0.25) is 18.6 Å². The van der Waals surface area contributed by atoms with Crippen LogP contribution in [-0.4, -0.2) is 31.4 Å². The van der Waals surface area contributed by atoms with Crippen molar-refractivity contribution in [3.63, 3.8) is 0 Å². The van der Waals surface area contributed by atoms with Crippen LogP contribution in [0.15, 0.2) is 40.5 Å². The zero-order valence-corrected chi connectivity index (χ0v) is 17.7. The first-order valence-corrected chi connectivity index (χ1v) is 10.6. The monoisotopic (exact) mass is 465 g/mol. The molecule has 4 rings (SSSR count). The molecule has 0 unspecified atom stereocenters. The van der Waals surface area contributed by atoms with Crippen molar-refractivity contribution >= 4 is 38.9 Å². The maximum Gasteiger partial charge on any atom is 0.573 e. The van der Waals surface area contributed by atoms with E-state index in [-0.39, 0.29) is 30.1 Å². The van der Waals surface area contributed by atoms with Gasteiger partial charge in [0.1, 0.15) is 16.3 Å². The number of hydrogen-bond donors (Lipinski definition) is 1. The Morgan fingerprint density at radius 3 is 2.62 bits per heavy atom. The van der Waals surface area contributed by atoms with Crippen molar-refractivity contribution in [3.8, 4) is 5.75 Å². The average molecular weight is 465 g/mol. The van der Waals surface area contributed by atoms with Crippen molar-refractivity contribution in [1.82, 2.24) is 19.2 Å². The highest BCUT2D eigenvalue weighted by molar-refractivity contribution is 7.17. The largest absolute Gasteiger partial charge is 0.573 e. The molecular weight excluding hydrogens is 447 g/mol. The number of alkyl halides is 3. The van der Waals surface area contributed by atoms with Gasteiger partial charge in [0.2, 0.25) is 11.7 Å². The normalized spacial score (nSPS) is 11.9. The zero-order valence-electron chi connectivity index (χ0n) is 16.8. The van der Waals surface area contributed by atoms with E-state index in [4.69, 9.17) is 0 Å². The Balaban J connectivity index is 1.50. The Labute approximate surface area is 183 Å². The van der Waals surface area contributed by atoms with E-state index in [1.165, 1.54) is 23.5 Å². The Hall–Kier alpha value is -3.41. The van der Waals surface area contributed by atoms with E-state index < -0.39 is 6.36 Å². The average Bonchev–Trinajstić information content (AvgIpc) is 3.37. The van der Waals surface area contributed by atoms with Gasteiger partial charge in [0.05, 0.1) is 5.52 Å². The van der Waals surface area contributed by atoms with E-state index in [0.29, 0.717) is 34.1 Å². The number of halogens is 3. The summed E-state index contributed by atoms with van der Waals surface area (Å²) in [6.45, 7) is 2.47. The van der Waals surface area contributed by atoms with Gasteiger partial charge in [0.25, 0.3) is 5.56 Å². The van der Waals surface area contributed by atoms with Gasteiger partial charge in [0.15, 0.2) is 0 Å². The third-order valence-corrected chi connectivity index (χ3v) is 5.57. The van der Waals surface area contributed by atoms with Gasteiger partial charge in [-0.25, -0.2) is 0 Å². The summed E-state index contributed by atoms with van der Waals surface area (Å²) < 4.78 is 44.5. The molecule has 0 aliphatic carbocycles. The maximum atomic E-state index is 12.7. The summed E-state index contributed by atoms with van der Waals surface area (Å²) in [6.07, 6.45) is -3.69. The fraction of sp³-hybridized carbons (Fsp3) is 0.300. The predicted octanol–water partition coefficient (Wildman–Crippen LogP) is 3.99. The van der Waals surface area contributed by atoms with Crippen LogP contribution >= 0.6 is 11.3 Å². The molecule has 0 saturated heterocycles. The molecule has 1 amide bonds. The molecule has 0 atom stereocenters. The minimum atomic E-state index is -4.78. The molecule has 3 heterocycles. The van der Waals surface area contributed by atoms with E-state index in [1.54, 1.807) is 8.97 Å². The first-order valence-electron chi connectivity index (χ1n) is 9.76. The second kappa shape index (κ2) is 8.61. The number of anilines is 1. The number of amides is 1. The summed E-state index contributed by atoms with van der Waals surface area (Å²) in [5, 5.41) is 12.8. The van der Waals surface area contributed by atoms with Crippen LogP contribution in [0.5, 0.6) is 5.75 Å². The highest BCUT2D eigenvalue weighted by atomic mass is 32.1. The molecule has 12 heteroatoms. The molecule has 168 valence electrons. The first-order chi connectivity index (χ1) is 15.3. The van der Waals surface area contributed by atoms with Crippen molar-refractivity contribution in [2.75, 3.05) is 5.32 Å². The fourth-order valence-corrected chi connectivity index (χ4v) is 4.18. The second-order valence-corrected chi connectivity index (χ2v) is 7.88. The first kappa shape index (κ1) is 21.8. The molecule has 1 aromatic carbocycles. The molecule has 32 heavy (non-hydrogen) atoms. The number of benzene rings is 1. The number of carbonyl (C=O) groups excluding carboxylic acids is 1. The smallest absolute Gasteiger partial charge is 0.406 e. The predicted molar refractivity (Wildman–Crippen MR) is 113 cm³/mol. The van der Waals surface area contributed by atoms with Crippen molar-refractivity contribution in [1.29, 1.82) is 0 Å². The Morgan fingerprint density at radius 1 is 1.19 bits per heavy atom. The van der Waals surface area contributed by atoms with Crippen LogP contribution in [0.1, 0.15) is 25.6 Å². The number of aryl methyl sites for hydroxylation is 2. The lowest BCUT2D eigenvalue weighted by Gasteiger charge is -2.10. The Kier molecular flexibility index (Phi) is 5.87. The molecule has 4 aromatic rings. The van der Waals surface area contributed by atoms with Crippen LogP contribution in [0.25, 0.3) is 16.0 Å². The molecule has 3 aromatic heterocycles. The number of nitrogens with zero attached hydrogens (tertiary/aromatic N) is 4. The highest BCUT2D eigenvalue weighted by Gasteiger charge is 2.31. The third kappa shape index (κ3) is 4.44. The summed E-state index contributed by atoms with van der Waals surface area (Å²) in [4.78, 5) is 25.1. The minimum Gasteiger partial charge on any atom is -0.406 e. The third-order valence-electron chi connectivity index (χ3n) is 4.67. The molecule has 0 saturated carbocycles. The quantitative estimate of drug-likeness (QED) is 0.446. The van der Waals surface area contributed by atoms with Crippen LogP contribution < -0.4 is 15.6 Å². The molecule has 0 aliphatic rings. The van der Waals surface area contributed by atoms with Gasteiger partial charge >= 0.3 is 6.36 Å². The number of aromatic nitrogens is 4. The number of ether oxygens (including phenoxy) is 1. The van der Waals surface area contributed by atoms with Gasteiger partial charge in [-0.1, -0.05) is 6.92 Å². The van der Waals surface area contributed by atoms with Gasteiger partial charge < -0.3 is 10.1 Å². The van der Waals surface area contributed by atoms with Gasteiger partial charge in [-0.2, -0.15) is 0 Å². The molecule has 0 fully saturated rings. The van der Waals surface area contributed by atoms with E-state index in [1.807, 2.05) is 18.4 Å². The summed E-state index contributed by atoms with van der Waals surface area (Å²) in [6, 6.07) is 6.71. The van der Waals surface area contributed by atoms with E-state index in [0.717, 1.165) is 18.6 Å². The lowest BCUT2D eigenvalue weighted by Crippen LogP contribution is -2.22. The molecule has 0 bridgehead atoms. The van der Waals surface area contributed by atoms with Crippen LogP contribution in [0.4, 0.5) is 18.9 Å². The summed E-state index contributed by atoms with van der Waals surface area (Å²) in [5.74, 6) is 0.258. The van der Waals surface area contributed by atoms with Crippen LogP contribution in [0, 0.1) is 0 Å². The number of fused-ring (bicyclic) bond motifs is 3. The van der Waals surface area contributed by atoms with E-state index in [9.17, 15) is 22.8 Å². The van der Waals surface area contributed by atoms with Crippen LogP contribution in [0.3, 0.4) is 0 Å². The fourth-order valence-electron chi connectivity index (χ4n) is 3.36. The number of hydrogen-bond acceptors (Lipinski definition) is 6. The topological polar surface area (TPSA) is 90.5 Å². The zero-order chi connectivity index (χ0) is 22.9. The highest BCUT2D eigenvalue weighted by Crippen LogP contribution is 2.24. The van der Waals surface area contributed by atoms with Crippen molar-refractivity contribution < 1.29 is 22.7 Å². The number of nitrogens with one attached hydrogen (secondary N) is 1. The van der Waals surface area contributed by atoms with Gasteiger partial charge in [-0.15, -0.1) is 34.7 Å². The SMILES string of the molecule is CCCn1c(=O)c2sccc2n2c(CCC(=O)Nc3ccc(OC(F)(F)F)cc3)nnc12. The molecule has 0 aliphatic heterocycles. The van der Waals surface area contributed by atoms with E-state index in [2.05, 4.69) is 20.3 Å². The summed E-state index contributed by atoms with van der Waals surface area (Å²) >= 11 is 1.34. The summed E-state index contributed by atoms with van der Waals surface area (Å²) in [5.41, 5.74) is 0.926. The van der Waals surface area contributed by atoms with Gasteiger partial charge in [0, 0.05) is 25.1 Å². The standard InChI is InChI=1S/C20H18F3N5O3S/c1-2-10-27-18(30)17-14(9-11-32-17)28-15(25-26-19(27)28)7-8-16(29)24-12-3-5-13(6-4-12)31-20(21,22)23/h3-6,9,11H,2,7-8,10H2,1H3,(H,24,29). The van der Waals surface area contributed by atoms with Crippen LogP contribution in [0.2, 0.25) is 0 Å². The lowest BCUT2D eigenvalue weighted by atomic mass is 10.2. The van der Waals surface area contributed by atoms with Crippen molar-refractivity contribution in [2.24, 2.45) is 0 Å². The molecule has 0 radical (unpaired) electrons. The number of carbonyl (C=O) groups is 1. The minimum absolute atomic E-state index is 0.0696. The van der Waals surface area contributed by atoms with Gasteiger partial charge in [-0.05, 0) is 42.1 Å². The number of thiophene rings is 1. The molecule has 8 nitrogen and oxygen atoms in total. The van der Waals surface area contributed by atoms with Crippen LogP contribution in [-0.2, 0) is 17.8 Å². The molecular formula is C20H18F3N5O3S. The second-order valence-electron chi connectivity index (χ2n) is 6.96. The maximum absolute atomic E-state index is 12.7. The van der Waals surface area contributed by atoms with Crippen molar-refractivity contribution in [3.05, 3.63) is 51.9 Å². The molecule has 0 spiro atoms. The Bertz CT molecular complexity index is 1320. The molecule has 1 N–H and O–H groups in total. The summed E-state index contributed by atoms with van der Waals surface area (Å²) in [7, 11) is 0. The van der Waals surface area contributed by atoms with E-state index >= 15 is 0 Å². The Morgan fingerprint density at radius 2 is 1.94 bits per heavy atom.